The van der Waals surface area contributed by atoms with Gasteiger partial charge >= 0.3 is 0 Å². The number of nitrogens with one attached hydrogen (secondary N) is 1. The van der Waals surface area contributed by atoms with Crippen LogP contribution in [0.3, 0.4) is 0 Å². The van der Waals surface area contributed by atoms with E-state index >= 15 is 0 Å². The minimum Gasteiger partial charge on any atom is -0.508 e. The first kappa shape index (κ1) is 19.2. The van der Waals surface area contributed by atoms with Gasteiger partial charge in [0.15, 0.2) is 5.65 Å². The Bertz CT molecular complexity index is 1160. The van der Waals surface area contributed by atoms with Crippen LogP contribution in [0.2, 0.25) is 0 Å². The Kier molecular flexibility index (Phi) is 5.36. The molecular weight excluding hydrogens is 380 g/mol. The van der Waals surface area contributed by atoms with Crippen molar-refractivity contribution in [2.24, 2.45) is 0 Å². The molecule has 0 aliphatic heterocycles. The molecule has 0 spiro atoms. The lowest BCUT2D eigenvalue weighted by Crippen LogP contribution is -2.00. The minimum atomic E-state index is 0.269. The van der Waals surface area contributed by atoms with Gasteiger partial charge in [-0.3, -0.25) is 0 Å². The molecule has 4 rings (SSSR count). The zero-order valence-electron chi connectivity index (χ0n) is 16.5. The van der Waals surface area contributed by atoms with Crippen LogP contribution in [0, 0.1) is 6.92 Å². The quantitative estimate of drug-likeness (QED) is 0.423. The van der Waals surface area contributed by atoms with Crippen LogP contribution < -0.4 is 5.32 Å². The molecule has 2 aromatic carbocycles. The highest BCUT2D eigenvalue weighted by Crippen LogP contribution is 2.33. The summed E-state index contributed by atoms with van der Waals surface area (Å²) in [6.07, 6.45) is 1.55. The van der Waals surface area contributed by atoms with E-state index in [2.05, 4.69) is 59.2 Å². The molecule has 2 N–H and O–H groups in total. The first-order chi connectivity index (χ1) is 14.0. The van der Waals surface area contributed by atoms with E-state index in [1.165, 1.54) is 0 Å². The van der Waals surface area contributed by atoms with E-state index in [1.807, 2.05) is 24.3 Å². The van der Waals surface area contributed by atoms with Gasteiger partial charge in [0.25, 0.3) is 0 Å². The molecule has 0 aliphatic carbocycles. The summed E-state index contributed by atoms with van der Waals surface area (Å²) in [5.41, 5.74) is 3.82. The van der Waals surface area contributed by atoms with Gasteiger partial charge in [-0.25, -0.2) is 15.0 Å². The molecule has 0 atom stereocenters. The number of anilines is 2. The van der Waals surface area contributed by atoms with E-state index in [0.717, 1.165) is 37.9 Å². The van der Waals surface area contributed by atoms with Crippen LogP contribution in [0.4, 0.5) is 11.5 Å². The van der Waals surface area contributed by atoms with Crippen LogP contribution >= 0.6 is 11.8 Å². The molecule has 0 saturated heterocycles. The first-order valence-electron chi connectivity index (χ1n) is 9.45. The lowest BCUT2D eigenvalue weighted by Gasteiger charge is -2.12. The number of hydrogen-bond donors (Lipinski definition) is 2. The Hall–Kier alpha value is -3.12. The van der Waals surface area contributed by atoms with Crippen LogP contribution in [0.1, 0.15) is 31.0 Å². The number of benzene rings is 2. The van der Waals surface area contributed by atoms with Crippen molar-refractivity contribution in [2.75, 3.05) is 5.32 Å². The normalized spacial score (nSPS) is 11.2. The molecule has 0 unspecified atom stereocenters. The van der Waals surface area contributed by atoms with E-state index in [1.54, 1.807) is 30.2 Å². The third-order valence-corrected chi connectivity index (χ3v) is 5.48. The van der Waals surface area contributed by atoms with Crippen molar-refractivity contribution in [1.29, 1.82) is 0 Å². The van der Waals surface area contributed by atoms with E-state index in [9.17, 15) is 5.11 Å². The fraction of sp³-hybridized carbons (Fsp3) is 0.174. The number of aryl methyl sites for hydroxylation is 1. The van der Waals surface area contributed by atoms with Crippen molar-refractivity contribution in [3.05, 3.63) is 72.2 Å². The number of pyridine rings is 1. The second-order valence-electron chi connectivity index (χ2n) is 7.24. The monoisotopic (exact) mass is 402 g/mol. The Morgan fingerprint density at radius 2 is 1.72 bits per heavy atom. The van der Waals surface area contributed by atoms with Crippen LogP contribution in [0.5, 0.6) is 5.75 Å². The van der Waals surface area contributed by atoms with E-state index < -0.39 is 0 Å². The number of phenolic OH excluding ortho intramolecular Hbond substituents is 1. The van der Waals surface area contributed by atoms with Crippen molar-refractivity contribution in [2.45, 2.75) is 36.5 Å². The Labute approximate surface area is 174 Å². The third kappa shape index (κ3) is 4.49. The first-order valence-corrected chi connectivity index (χ1v) is 10.3. The molecule has 0 fully saturated rings. The molecule has 4 aromatic rings. The van der Waals surface area contributed by atoms with Gasteiger partial charge in [-0.2, -0.15) is 0 Å². The number of aromatic nitrogens is 3. The largest absolute Gasteiger partial charge is 0.508 e. The minimum absolute atomic E-state index is 0.269. The molecule has 0 bridgehead atoms. The molecule has 2 aromatic heterocycles. The number of phenols is 1. The molecule has 6 heteroatoms. The van der Waals surface area contributed by atoms with Crippen LogP contribution in [0.15, 0.2) is 70.7 Å². The van der Waals surface area contributed by atoms with Crippen molar-refractivity contribution < 1.29 is 5.11 Å². The van der Waals surface area contributed by atoms with Gasteiger partial charge in [0.1, 0.15) is 17.9 Å². The summed E-state index contributed by atoms with van der Waals surface area (Å²) in [7, 11) is 0. The van der Waals surface area contributed by atoms with Crippen molar-refractivity contribution >= 4 is 34.3 Å². The number of rotatable bonds is 5. The lowest BCUT2D eigenvalue weighted by molar-refractivity contribution is 0.475. The van der Waals surface area contributed by atoms with Gasteiger partial charge in [0.2, 0.25) is 0 Å². The Morgan fingerprint density at radius 3 is 2.48 bits per heavy atom. The maximum Gasteiger partial charge on any atom is 0.164 e. The Morgan fingerprint density at radius 1 is 0.931 bits per heavy atom. The number of aromatic hydroxyl groups is 1. The highest BCUT2D eigenvalue weighted by Gasteiger charge is 2.09. The van der Waals surface area contributed by atoms with Gasteiger partial charge in [-0.15, -0.1) is 0 Å². The van der Waals surface area contributed by atoms with Gasteiger partial charge in [0.05, 0.1) is 5.39 Å². The van der Waals surface area contributed by atoms with E-state index in [0.29, 0.717) is 11.6 Å². The highest BCUT2D eigenvalue weighted by atomic mass is 32.2. The summed E-state index contributed by atoms with van der Waals surface area (Å²) >= 11 is 1.65. The molecule has 0 saturated carbocycles. The van der Waals surface area contributed by atoms with Crippen LogP contribution in [0.25, 0.3) is 11.0 Å². The van der Waals surface area contributed by atoms with E-state index in [-0.39, 0.29) is 5.75 Å². The topological polar surface area (TPSA) is 70.9 Å². The average molecular weight is 403 g/mol. The van der Waals surface area contributed by atoms with Gasteiger partial charge in [-0.1, -0.05) is 25.6 Å². The number of fused-ring (bicyclic) bond motifs is 1. The van der Waals surface area contributed by atoms with Gasteiger partial charge < -0.3 is 10.4 Å². The molecule has 0 amide bonds. The molecule has 29 heavy (non-hydrogen) atoms. The zero-order chi connectivity index (χ0) is 20.4. The smallest absolute Gasteiger partial charge is 0.164 e. The lowest BCUT2D eigenvalue weighted by atomic mass is 10.1. The van der Waals surface area contributed by atoms with Crippen LogP contribution in [-0.2, 0) is 0 Å². The molecular formula is C23H22N4OS. The van der Waals surface area contributed by atoms with Gasteiger partial charge in [0, 0.05) is 21.2 Å². The fourth-order valence-electron chi connectivity index (χ4n) is 3.04. The summed E-state index contributed by atoms with van der Waals surface area (Å²) in [4.78, 5) is 15.6. The van der Waals surface area contributed by atoms with Crippen molar-refractivity contribution in [3.8, 4) is 5.75 Å². The maximum absolute atomic E-state index is 9.47. The summed E-state index contributed by atoms with van der Waals surface area (Å²) in [5.74, 6) is 1.36. The maximum atomic E-state index is 9.47. The number of nitrogens with zero attached hydrogens (tertiary/aromatic N) is 3. The summed E-state index contributed by atoms with van der Waals surface area (Å²) in [6, 6.07) is 17.6. The van der Waals surface area contributed by atoms with Crippen molar-refractivity contribution in [3.63, 3.8) is 0 Å². The van der Waals surface area contributed by atoms with E-state index in [4.69, 9.17) is 0 Å². The fourth-order valence-corrected chi connectivity index (χ4v) is 4.02. The SMILES string of the molecule is Cc1cc(Nc2ncnc3nc(C(C)C)ccc23)cc(Sc2ccc(O)cc2)c1. The second kappa shape index (κ2) is 8.09. The predicted molar refractivity (Wildman–Crippen MR) is 118 cm³/mol. The molecule has 146 valence electrons. The van der Waals surface area contributed by atoms with Crippen LogP contribution in [-0.4, -0.2) is 20.1 Å². The standard InChI is InChI=1S/C23H22N4OS/c1-14(2)21-9-8-20-22(24-13-25-23(20)27-21)26-16-10-15(3)11-19(12-16)29-18-6-4-17(28)5-7-18/h4-14,28H,1-3H3,(H,24,25,26,27). The summed E-state index contributed by atoms with van der Waals surface area (Å²) < 4.78 is 0. The summed E-state index contributed by atoms with van der Waals surface area (Å²) in [5, 5.41) is 13.8. The molecule has 0 radical (unpaired) electrons. The van der Waals surface area contributed by atoms with Crippen molar-refractivity contribution in [1.82, 2.24) is 15.0 Å². The molecule has 5 nitrogen and oxygen atoms in total. The average Bonchev–Trinajstić information content (AvgIpc) is 2.69. The zero-order valence-corrected chi connectivity index (χ0v) is 17.4. The number of hydrogen-bond acceptors (Lipinski definition) is 6. The third-order valence-electron chi connectivity index (χ3n) is 4.50. The molecule has 0 aliphatic rings. The summed E-state index contributed by atoms with van der Waals surface area (Å²) in [6.45, 7) is 6.31. The predicted octanol–water partition coefficient (Wildman–Crippen LogP) is 6.06. The van der Waals surface area contributed by atoms with Gasteiger partial charge in [-0.05, 0) is 73.0 Å². The highest BCUT2D eigenvalue weighted by molar-refractivity contribution is 7.99. The Balaban J connectivity index is 1.64. The second-order valence-corrected chi connectivity index (χ2v) is 8.39. The molecule has 2 heterocycles.